The quantitative estimate of drug-likeness (QED) is 0.558. The van der Waals surface area contributed by atoms with Crippen LogP contribution < -0.4 is 5.73 Å². The molecule has 1 unspecified atom stereocenters. The van der Waals surface area contributed by atoms with Gasteiger partial charge in [0, 0.05) is 12.6 Å². The average Bonchev–Trinajstić information content (AvgIpc) is 2.07. The zero-order valence-corrected chi connectivity index (χ0v) is 8.22. The predicted molar refractivity (Wildman–Crippen MR) is 51.9 cm³/mol. The molecule has 5 heteroatoms. The molecule has 1 atom stereocenters. The lowest BCUT2D eigenvalue weighted by Gasteiger charge is -2.31. The van der Waals surface area contributed by atoms with Crippen LogP contribution in [0.3, 0.4) is 0 Å². The smallest absolute Gasteiger partial charge is 0.306 e. The Kier molecular flexibility index (Phi) is 4.31. The van der Waals surface area contributed by atoms with Crippen molar-refractivity contribution in [1.82, 2.24) is 4.90 Å². The SMILES string of the molecule is NC1CCN(CC(O)CC(=O)O)CC1. The van der Waals surface area contributed by atoms with Gasteiger partial charge in [0.25, 0.3) is 0 Å². The largest absolute Gasteiger partial charge is 0.481 e. The van der Waals surface area contributed by atoms with Crippen molar-refractivity contribution in [3.05, 3.63) is 0 Å². The summed E-state index contributed by atoms with van der Waals surface area (Å²) in [5.41, 5.74) is 5.73. The lowest BCUT2D eigenvalue weighted by Crippen LogP contribution is -2.43. The van der Waals surface area contributed by atoms with Crippen molar-refractivity contribution in [1.29, 1.82) is 0 Å². The number of nitrogens with zero attached hydrogens (tertiary/aromatic N) is 1. The molecule has 5 nitrogen and oxygen atoms in total. The number of β-amino-alcohol motifs (C(OH)–C–C–N with tert-alkyl or cyclic N) is 1. The molecule has 0 aliphatic carbocycles. The van der Waals surface area contributed by atoms with E-state index in [1.165, 1.54) is 0 Å². The highest BCUT2D eigenvalue weighted by Gasteiger charge is 2.19. The van der Waals surface area contributed by atoms with E-state index in [0.29, 0.717) is 6.54 Å². The minimum atomic E-state index is -0.953. The summed E-state index contributed by atoms with van der Waals surface area (Å²) < 4.78 is 0. The van der Waals surface area contributed by atoms with Crippen molar-refractivity contribution in [2.24, 2.45) is 5.73 Å². The molecule has 1 aliphatic heterocycles. The summed E-state index contributed by atoms with van der Waals surface area (Å²) in [5.74, 6) is -0.953. The molecule has 0 bridgehead atoms. The molecule has 1 saturated heterocycles. The van der Waals surface area contributed by atoms with Crippen LogP contribution in [-0.4, -0.2) is 52.9 Å². The Morgan fingerprint density at radius 2 is 2.07 bits per heavy atom. The molecule has 0 aromatic carbocycles. The third kappa shape index (κ3) is 4.04. The zero-order chi connectivity index (χ0) is 10.6. The molecule has 0 radical (unpaired) electrons. The van der Waals surface area contributed by atoms with E-state index in [4.69, 9.17) is 10.8 Å². The normalized spacial score (nSPS) is 22.1. The Morgan fingerprint density at radius 3 is 2.57 bits per heavy atom. The maximum absolute atomic E-state index is 10.3. The second kappa shape index (κ2) is 5.29. The number of rotatable bonds is 4. The van der Waals surface area contributed by atoms with E-state index in [1.54, 1.807) is 0 Å². The van der Waals surface area contributed by atoms with Gasteiger partial charge in [0.15, 0.2) is 0 Å². The van der Waals surface area contributed by atoms with E-state index in [0.717, 1.165) is 25.9 Å². The van der Waals surface area contributed by atoms with E-state index >= 15 is 0 Å². The first-order valence-corrected chi connectivity index (χ1v) is 4.95. The summed E-state index contributed by atoms with van der Waals surface area (Å²) in [6.07, 6.45) is 0.920. The summed E-state index contributed by atoms with van der Waals surface area (Å²) in [6, 6.07) is 0.267. The Hall–Kier alpha value is -0.650. The number of hydrogen-bond donors (Lipinski definition) is 3. The van der Waals surface area contributed by atoms with Gasteiger partial charge in [-0.2, -0.15) is 0 Å². The number of likely N-dealkylation sites (tertiary alicyclic amines) is 1. The maximum Gasteiger partial charge on any atom is 0.306 e. The molecule has 0 spiro atoms. The van der Waals surface area contributed by atoms with E-state index in [-0.39, 0.29) is 12.5 Å². The molecule has 0 aromatic rings. The van der Waals surface area contributed by atoms with Gasteiger partial charge in [-0.15, -0.1) is 0 Å². The van der Waals surface area contributed by atoms with Gasteiger partial charge in [-0.05, 0) is 25.9 Å². The first kappa shape index (κ1) is 11.4. The van der Waals surface area contributed by atoms with Crippen LogP contribution in [0.25, 0.3) is 0 Å². The van der Waals surface area contributed by atoms with Crippen molar-refractivity contribution in [3.63, 3.8) is 0 Å². The maximum atomic E-state index is 10.3. The number of carbonyl (C=O) groups is 1. The second-order valence-corrected chi connectivity index (χ2v) is 3.89. The van der Waals surface area contributed by atoms with E-state index in [9.17, 15) is 9.90 Å². The number of aliphatic hydroxyl groups excluding tert-OH is 1. The first-order valence-electron chi connectivity index (χ1n) is 4.95. The number of piperidine rings is 1. The highest BCUT2D eigenvalue weighted by Crippen LogP contribution is 2.09. The second-order valence-electron chi connectivity index (χ2n) is 3.89. The summed E-state index contributed by atoms with van der Waals surface area (Å²) in [5, 5.41) is 17.8. The topological polar surface area (TPSA) is 86.8 Å². The fourth-order valence-electron chi connectivity index (χ4n) is 1.70. The molecule has 14 heavy (non-hydrogen) atoms. The summed E-state index contributed by atoms with van der Waals surface area (Å²) >= 11 is 0. The molecule has 0 aromatic heterocycles. The number of hydrogen-bond acceptors (Lipinski definition) is 4. The standard InChI is InChI=1S/C9H18N2O3/c10-7-1-3-11(4-2-7)6-8(12)5-9(13)14/h7-8,12H,1-6,10H2,(H,13,14). The molecule has 1 aliphatic rings. The summed E-state index contributed by atoms with van der Waals surface area (Å²) in [7, 11) is 0. The molecule has 1 heterocycles. The molecule has 1 fully saturated rings. The molecule has 1 rings (SSSR count). The molecule has 4 N–H and O–H groups in total. The fourth-order valence-corrected chi connectivity index (χ4v) is 1.70. The van der Waals surface area contributed by atoms with E-state index < -0.39 is 12.1 Å². The van der Waals surface area contributed by atoms with Gasteiger partial charge in [-0.25, -0.2) is 0 Å². The number of aliphatic hydroxyl groups is 1. The molecule has 82 valence electrons. The highest BCUT2D eigenvalue weighted by molar-refractivity contribution is 5.67. The van der Waals surface area contributed by atoms with Gasteiger partial charge in [-0.1, -0.05) is 0 Å². The third-order valence-electron chi connectivity index (χ3n) is 2.51. The number of aliphatic carboxylic acids is 1. The summed E-state index contributed by atoms with van der Waals surface area (Å²) in [4.78, 5) is 12.4. The van der Waals surface area contributed by atoms with Crippen molar-refractivity contribution >= 4 is 5.97 Å². The monoisotopic (exact) mass is 202 g/mol. The van der Waals surface area contributed by atoms with Crippen molar-refractivity contribution < 1.29 is 15.0 Å². The highest BCUT2D eigenvalue weighted by atomic mass is 16.4. The van der Waals surface area contributed by atoms with Crippen molar-refractivity contribution in [3.8, 4) is 0 Å². The minimum absolute atomic E-state index is 0.178. The fraction of sp³-hybridized carbons (Fsp3) is 0.889. The molecular weight excluding hydrogens is 184 g/mol. The molecule has 0 amide bonds. The van der Waals surface area contributed by atoms with Gasteiger partial charge < -0.3 is 20.8 Å². The number of nitrogens with two attached hydrogens (primary N) is 1. The lowest BCUT2D eigenvalue weighted by atomic mass is 10.1. The number of carboxylic acid groups (broad SMARTS) is 1. The zero-order valence-electron chi connectivity index (χ0n) is 8.22. The summed E-state index contributed by atoms with van der Waals surface area (Å²) in [6.45, 7) is 2.16. The Balaban J connectivity index is 2.20. The number of carboxylic acids is 1. The van der Waals surface area contributed by atoms with Crippen LogP contribution in [0.2, 0.25) is 0 Å². The van der Waals surface area contributed by atoms with Gasteiger partial charge in [0.2, 0.25) is 0 Å². The van der Waals surface area contributed by atoms with Gasteiger partial charge in [0.05, 0.1) is 12.5 Å². The van der Waals surface area contributed by atoms with Crippen LogP contribution in [0, 0.1) is 0 Å². The Labute approximate surface area is 83.5 Å². The van der Waals surface area contributed by atoms with Crippen LogP contribution in [0.5, 0.6) is 0 Å². The Morgan fingerprint density at radius 1 is 1.50 bits per heavy atom. The van der Waals surface area contributed by atoms with Gasteiger partial charge >= 0.3 is 5.97 Å². The van der Waals surface area contributed by atoms with E-state index in [2.05, 4.69) is 4.90 Å². The van der Waals surface area contributed by atoms with E-state index in [1.807, 2.05) is 0 Å². The van der Waals surface area contributed by atoms with Gasteiger partial charge in [0.1, 0.15) is 0 Å². The first-order chi connectivity index (χ1) is 6.58. The lowest BCUT2D eigenvalue weighted by molar-refractivity contribution is -0.139. The minimum Gasteiger partial charge on any atom is -0.481 e. The molecule has 0 saturated carbocycles. The molecular formula is C9H18N2O3. The van der Waals surface area contributed by atoms with Crippen LogP contribution in [-0.2, 0) is 4.79 Å². The average molecular weight is 202 g/mol. The van der Waals surface area contributed by atoms with Crippen LogP contribution in [0.1, 0.15) is 19.3 Å². The third-order valence-corrected chi connectivity index (χ3v) is 2.51. The van der Waals surface area contributed by atoms with Crippen molar-refractivity contribution in [2.75, 3.05) is 19.6 Å². The van der Waals surface area contributed by atoms with Crippen LogP contribution in [0.4, 0.5) is 0 Å². The van der Waals surface area contributed by atoms with Crippen LogP contribution >= 0.6 is 0 Å². The van der Waals surface area contributed by atoms with Crippen LogP contribution in [0.15, 0.2) is 0 Å². The Bertz CT molecular complexity index is 190. The van der Waals surface area contributed by atoms with Crippen molar-refractivity contribution in [2.45, 2.75) is 31.4 Å². The van der Waals surface area contributed by atoms with Gasteiger partial charge in [-0.3, -0.25) is 4.79 Å². The predicted octanol–water partition coefficient (Wildman–Crippen LogP) is -0.755.